The summed E-state index contributed by atoms with van der Waals surface area (Å²) < 4.78 is 0. The molecule has 0 aliphatic carbocycles. The molecule has 0 radical (unpaired) electrons. The number of hydrogen-bond donors (Lipinski definition) is 1. The fourth-order valence-electron chi connectivity index (χ4n) is 3.29. The second-order valence-corrected chi connectivity index (χ2v) is 7.59. The van der Waals surface area contributed by atoms with E-state index in [1.807, 2.05) is 18.3 Å². The second kappa shape index (κ2) is 7.58. The zero-order chi connectivity index (χ0) is 16.2. The number of benzene rings is 1. The first-order valence-electron chi connectivity index (χ1n) is 8.39. The Morgan fingerprint density at radius 2 is 2.00 bits per heavy atom. The summed E-state index contributed by atoms with van der Waals surface area (Å²) in [5, 5.41) is 11.8. The van der Waals surface area contributed by atoms with E-state index in [0.29, 0.717) is 6.04 Å². The van der Waals surface area contributed by atoms with Crippen LogP contribution in [0.25, 0.3) is 11.1 Å². The lowest BCUT2D eigenvalue weighted by molar-refractivity contribution is 0.0477. The highest BCUT2D eigenvalue weighted by Crippen LogP contribution is 2.27. The van der Waals surface area contributed by atoms with E-state index in [-0.39, 0.29) is 6.10 Å². The minimum atomic E-state index is -0.237. The summed E-state index contributed by atoms with van der Waals surface area (Å²) in [6.07, 6.45) is -0.237. The molecule has 1 aliphatic heterocycles. The number of nitrogens with zero attached hydrogens (tertiary/aromatic N) is 2. The van der Waals surface area contributed by atoms with Crippen molar-refractivity contribution in [2.45, 2.75) is 32.5 Å². The monoisotopic (exact) mass is 330 g/mol. The van der Waals surface area contributed by atoms with Crippen LogP contribution >= 0.6 is 11.3 Å². The highest BCUT2D eigenvalue weighted by molar-refractivity contribution is 7.10. The van der Waals surface area contributed by atoms with Gasteiger partial charge in [-0.1, -0.05) is 30.3 Å². The van der Waals surface area contributed by atoms with Crippen LogP contribution in [0.4, 0.5) is 0 Å². The molecule has 2 aromatic rings. The lowest BCUT2D eigenvalue weighted by Crippen LogP contribution is -2.52. The van der Waals surface area contributed by atoms with E-state index in [2.05, 4.69) is 58.5 Å². The Kier molecular flexibility index (Phi) is 5.49. The Labute approximate surface area is 143 Å². The topological polar surface area (TPSA) is 26.7 Å². The van der Waals surface area contributed by atoms with Crippen molar-refractivity contribution in [1.82, 2.24) is 9.80 Å². The van der Waals surface area contributed by atoms with Crippen LogP contribution in [0.3, 0.4) is 0 Å². The van der Waals surface area contributed by atoms with Gasteiger partial charge >= 0.3 is 0 Å². The number of aliphatic hydroxyl groups excluding tert-OH is 1. The summed E-state index contributed by atoms with van der Waals surface area (Å²) in [6, 6.07) is 13.4. The van der Waals surface area contributed by atoms with Crippen molar-refractivity contribution in [3.05, 3.63) is 46.7 Å². The van der Waals surface area contributed by atoms with Crippen LogP contribution in [-0.2, 0) is 6.54 Å². The number of rotatable bonds is 5. The van der Waals surface area contributed by atoms with Crippen LogP contribution in [0.15, 0.2) is 41.8 Å². The largest absolute Gasteiger partial charge is 0.392 e. The van der Waals surface area contributed by atoms with Gasteiger partial charge in [-0.15, -0.1) is 11.3 Å². The van der Waals surface area contributed by atoms with E-state index in [1.54, 1.807) is 0 Å². The van der Waals surface area contributed by atoms with Gasteiger partial charge in [0.1, 0.15) is 0 Å². The Bertz CT molecular complexity index is 611. The first kappa shape index (κ1) is 16.7. The predicted octanol–water partition coefficient (Wildman–Crippen LogP) is 3.30. The fourth-order valence-corrected chi connectivity index (χ4v) is 4.21. The van der Waals surface area contributed by atoms with Crippen LogP contribution in [0.5, 0.6) is 0 Å². The van der Waals surface area contributed by atoms with E-state index in [9.17, 15) is 5.11 Å². The normalized spacial score (nSPS) is 21.4. The van der Waals surface area contributed by atoms with Crippen LogP contribution < -0.4 is 0 Å². The maximum atomic E-state index is 9.55. The van der Waals surface area contributed by atoms with E-state index >= 15 is 0 Å². The standard InChI is InChI=1S/C19H26N2OS/c1-15-11-20(12-16(2)22)8-9-21(15)13-19-10-18(14-23-19)17-6-4-3-5-7-17/h3-7,10,14-16,22H,8-9,11-13H2,1-2H3. The molecule has 0 spiro atoms. The molecule has 124 valence electrons. The van der Waals surface area contributed by atoms with Crippen LogP contribution in [0.1, 0.15) is 18.7 Å². The minimum absolute atomic E-state index is 0.237. The maximum absolute atomic E-state index is 9.55. The molecule has 1 N–H and O–H groups in total. The quantitative estimate of drug-likeness (QED) is 0.911. The fraction of sp³-hybridized carbons (Fsp3) is 0.474. The number of aliphatic hydroxyl groups is 1. The molecule has 1 fully saturated rings. The number of hydrogen-bond acceptors (Lipinski definition) is 4. The van der Waals surface area contributed by atoms with Crippen molar-refractivity contribution in [2.75, 3.05) is 26.2 Å². The summed E-state index contributed by atoms with van der Waals surface area (Å²) in [5.74, 6) is 0. The third-order valence-corrected chi connectivity index (χ3v) is 5.41. The van der Waals surface area contributed by atoms with Gasteiger partial charge in [0, 0.05) is 43.6 Å². The van der Waals surface area contributed by atoms with Gasteiger partial charge in [-0.2, -0.15) is 0 Å². The third-order valence-electron chi connectivity index (χ3n) is 4.49. The lowest BCUT2D eigenvalue weighted by atomic mass is 10.1. The molecular weight excluding hydrogens is 304 g/mol. The molecular formula is C19H26N2OS. The van der Waals surface area contributed by atoms with Crippen molar-refractivity contribution in [3.8, 4) is 11.1 Å². The molecule has 4 heteroatoms. The van der Waals surface area contributed by atoms with E-state index in [4.69, 9.17) is 0 Å². The molecule has 2 unspecified atom stereocenters. The molecule has 1 saturated heterocycles. The highest BCUT2D eigenvalue weighted by Gasteiger charge is 2.24. The smallest absolute Gasteiger partial charge is 0.0639 e. The van der Waals surface area contributed by atoms with Gasteiger partial charge in [0.25, 0.3) is 0 Å². The molecule has 3 rings (SSSR count). The minimum Gasteiger partial charge on any atom is -0.392 e. The molecule has 0 amide bonds. The van der Waals surface area contributed by atoms with Gasteiger partial charge in [-0.05, 0) is 36.4 Å². The Morgan fingerprint density at radius 3 is 2.70 bits per heavy atom. The van der Waals surface area contributed by atoms with Gasteiger partial charge in [0.2, 0.25) is 0 Å². The molecule has 0 saturated carbocycles. The molecule has 1 aliphatic rings. The number of thiophene rings is 1. The predicted molar refractivity (Wildman–Crippen MR) is 97.7 cm³/mol. The molecule has 2 atom stereocenters. The van der Waals surface area contributed by atoms with Crippen LogP contribution in [0, 0.1) is 0 Å². The Hall–Kier alpha value is -1.20. The molecule has 2 heterocycles. The summed E-state index contributed by atoms with van der Waals surface area (Å²) in [6.45, 7) is 9.14. The second-order valence-electron chi connectivity index (χ2n) is 6.60. The van der Waals surface area contributed by atoms with E-state index in [1.165, 1.54) is 16.0 Å². The van der Waals surface area contributed by atoms with Crippen molar-refractivity contribution < 1.29 is 5.11 Å². The lowest BCUT2D eigenvalue weighted by Gasteiger charge is -2.40. The average Bonchev–Trinajstić information content (AvgIpc) is 2.99. The molecule has 1 aromatic heterocycles. The zero-order valence-corrected chi connectivity index (χ0v) is 14.8. The van der Waals surface area contributed by atoms with Crippen molar-refractivity contribution in [2.24, 2.45) is 0 Å². The van der Waals surface area contributed by atoms with E-state index < -0.39 is 0 Å². The van der Waals surface area contributed by atoms with Gasteiger partial charge in [0.15, 0.2) is 0 Å². The van der Waals surface area contributed by atoms with Gasteiger partial charge in [-0.25, -0.2) is 0 Å². The molecule has 0 bridgehead atoms. The highest BCUT2D eigenvalue weighted by atomic mass is 32.1. The zero-order valence-electron chi connectivity index (χ0n) is 14.0. The summed E-state index contributed by atoms with van der Waals surface area (Å²) in [7, 11) is 0. The first-order valence-corrected chi connectivity index (χ1v) is 9.27. The SMILES string of the molecule is CC(O)CN1CCN(Cc2cc(-c3ccccc3)cs2)C(C)C1. The number of piperazine rings is 1. The first-order chi connectivity index (χ1) is 11.1. The van der Waals surface area contributed by atoms with Gasteiger partial charge in [0.05, 0.1) is 6.10 Å². The number of β-amino-alcohol motifs (C(OH)–C–C–N with tert-alkyl or cyclic N) is 1. The van der Waals surface area contributed by atoms with Gasteiger partial charge < -0.3 is 5.11 Å². The summed E-state index contributed by atoms with van der Waals surface area (Å²) in [5.41, 5.74) is 2.62. The maximum Gasteiger partial charge on any atom is 0.0639 e. The molecule has 23 heavy (non-hydrogen) atoms. The Morgan fingerprint density at radius 1 is 1.22 bits per heavy atom. The average molecular weight is 330 g/mol. The molecule has 3 nitrogen and oxygen atoms in total. The van der Waals surface area contributed by atoms with Crippen molar-refractivity contribution >= 4 is 11.3 Å². The van der Waals surface area contributed by atoms with Gasteiger partial charge in [-0.3, -0.25) is 9.80 Å². The van der Waals surface area contributed by atoms with Crippen LogP contribution in [-0.4, -0.2) is 53.2 Å². The van der Waals surface area contributed by atoms with Crippen LogP contribution in [0.2, 0.25) is 0 Å². The Balaban J connectivity index is 1.59. The van der Waals surface area contributed by atoms with E-state index in [0.717, 1.165) is 32.7 Å². The van der Waals surface area contributed by atoms with Crippen molar-refractivity contribution in [1.29, 1.82) is 0 Å². The summed E-state index contributed by atoms with van der Waals surface area (Å²) in [4.78, 5) is 6.36. The van der Waals surface area contributed by atoms with Crippen molar-refractivity contribution in [3.63, 3.8) is 0 Å². The summed E-state index contributed by atoms with van der Waals surface area (Å²) >= 11 is 1.86. The third kappa shape index (κ3) is 4.42. The molecule has 1 aromatic carbocycles.